The number of amides is 2. The van der Waals surface area contributed by atoms with Gasteiger partial charge in [0.15, 0.2) is 6.61 Å². The minimum atomic E-state index is -0.270. The third-order valence-corrected chi connectivity index (χ3v) is 3.54. The number of aromatic nitrogens is 4. The van der Waals surface area contributed by atoms with Gasteiger partial charge in [0.2, 0.25) is 5.91 Å². The summed E-state index contributed by atoms with van der Waals surface area (Å²) in [6, 6.07) is 7.35. The molecule has 2 aromatic rings. The van der Waals surface area contributed by atoms with E-state index in [0.717, 1.165) is 18.5 Å². The first-order valence-electron chi connectivity index (χ1n) is 7.61. The van der Waals surface area contributed by atoms with Gasteiger partial charge in [0.05, 0.1) is 12.2 Å². The van der Waals surface area contributed by atoms with Crippen LogP contribution in [-0.4, -0.2) is 63.2 Å². The quantitative estimate of drug-likeness (QED) is 0.753. The first kappa shape index (κ1) is 15.9. The molecule has 2 amide bonds. The normalized spacial score (nSPS) is 13.4. The monoisotopic (exact) mass is 330 g/mol. The molecule has 0 spiro atoms. The Labute approximate surface area is 138 Å². The van der Waals surface area contributed by atoms with Gasteiger partial charge in [0, 0.05) is 19.2 Å². The van der Waals surface area contributed by atoms with Gasteiger partial charge >= 0.3 is 0 Å². The highest BCUT2D eigenvalue weighted by molar-refractivity contribution is 5.85. The third kappa shape index (κ3) is 4.28. The average Bonchev–Trinajstić information content (AvgIpc) is 3.21. The van der Waals surface area contributed by atoms with Crippen molar-refractivity contribution in [3.63, 3.8) is 0 Å². The molecule has 1 aliphatic rings. The lowest BCUT2D eigenvalue weighted by Crippen LogP contribution is -2.40. The van der Waals surface area contributed by atoms with Crippen LogP contribution in [-0.2, 0) is 9.59 Å². The molecule has 126 valence electrons. The summed E-state index contributed by atoms with van der Waals surface area (Å²) in [6.07, 6.45) is 3.50. The van der Waals surface area contributed by atoms with Gasteiger partial charge in [-0.05, 0) is 35.4 Å². The largest absolute Gasteiger partial charge is 0.484 e. The van der Waals surface area contributed by atoms with Crippen LogP contribution in [0.3, 0.4) is 0 Å². The van der Waals surface area contributed by atoms with Crippen molar-refractivity contribution in [3.05, 3.63) is 30.6 Å². The molecule has 1 saturated carbocycles. The first-order valence-corrected chi connectivity index (χ1v) is 7.61. The molecule has 3 rings (SSSR count). The molecule has 0 saturated heterocycles. The van der Waals surface area contributed by atoms with E-state index in [1.807, 2.05) is 6.07 Å². The second-order valence-electron chi connectivity index (χ2n) is 5.63. The van der Waals surface area contributed by atoms with Crippen LogP contribution in [0.25, 0.3) is 5.69 Å². The summed E-state index contributed by atoms with van der Waals surface area (Å²) < 4.78 is 6.99. The van der Waals surface area contributed by atoms with E-state index in [9.17, 15) is 9.59 Å². The average molecular weight is 330 g/mol. The second-order valence-corrected chi connectivity index (χ2v) is 5.63. The van der Waals surface area contributed by atoms with Gasteiger partial charge in [-0.3, -0.25) is 9.59 Å². The molecule has 9 heteroatoms. The minimum absolute atomic E-state index is 0.0311. The summed E-state index contributed by atoms with van der Waals surface area (Å²) in [4.78, 5) is 25.1. The Morgan fingerprint density at radius 1 is 1.42 bits per heavy atom. The van der Waals surface area contributed by atoms with Crippen LogP contribution in [0.4, 0.5) is 0 Å². The summed E-state index contributed by atoms with van der Waals surface area (Å²) >= 11 is 0. The molecule has 1 heterocycles. The molecule has 0 atom stereocenters. The molecular formula is C15H18N6O3. The van der Waals surface area contributed by atoms with Crippen molar-refractivity contribution in [3.8, 4) is 11.4 Å². The molecule has 1 aromatic heterocycles. The zero-order valence-electron chi connectivity index (χ0n) is 13.3. The van der Waals surface area contributed by atoms with Crippen molar-refractivity contribution in [1.29, 1.82) is 0 Å². The van der Waals surface area contributed by atoms with Crippen molar-refractivity contribution in [2.24, 2.45) is 0 Å². The summed E-state index contributed by atoms with van der Waals surface area (Å²) in [5.74, 6) is 0.106. The first-order chi connectivity index (χ1) is 11.6. The van der Waals surface area contributed by atoms with Crippen LogP contribution in [0.1, 0.15) is 12.8 Å². The van der Waals surface area contributed by atoms with Gasteiger partial charge in [-0.2, -0.15) is 0 Å². The van der Waals surface area contributed by atoms with Crippen molar-refractivity contribution < 1.29 is 14.3 Å². The van der Waals surface area contributed by atoms with Gasteiger partial charge in [-0.1, -0.05) is 6.07 Å². The van der Waals surface area contributed by atoms with E-state index in [2.05, 4.69) is 20.8 Å². The Morgan fingerprint density at radius 3 is 2.96 bits per heavy atom. The van der Waals surface area contributed by atoms with E-state index >= 15 is 0 Å². The predicted octanol–water partition coefficient (Wildman–Crippen LogP) is -0.222. The fourth-order valence-electron chi connectivity index (χ4n) is 2.06. The molecule has 0 aliphatic heterocycles. The molecule has 0 radical (unpaired) electrons. The fraction of sp³-hybridized carbons (Fsp3) is 0.400. The zero-order chi connectivity index (χ0) is 16.9. The number of tetrazole rings is 1. The van der Waals surface area contributed by atoms with Crippen LogP contribution in [0, 0.1) is 0 Å². The van der Waals surface area contributed by atoms with Gasteiger partial charge < -0.3 is 15.0 Å². The van der Waals surface area contributed by atoms with Crippen LogP contribution in [0.15, 0.2) is 30.6 Å². The van der Waals surface area contributed by atoms with Gasteiger partial charge in [-0.15, -0.1) is 5.10 Å². The highest BCUT2D eigenvalue weighted by Crippen LogP contribution is 2.18. The number of hydrogen-bond acceptors (Lipinski definition) is 6. The summed E-state index contributed by atoms with van der Waals surface area (Å²) in [7, 11) is 1.58. The van der Waals surface area contributed by atoms with Crippen molar-refractivity contribution in [1.82, 2.24) is 30.4 Å². The molecule has 24 heavy (non-hydrogen) atoms. The number of rotatable bonds is 7. The molecule has 1 aliphatic carbocycles. The SMILES string of the molecule is CN(CC(=O)NC1CC1)C(=O)COc1cccc(-n2cnnn2)c1. The Hall–Kier alpha value is -2.97. The third-order valence-electron chi connectivity index (χ3n) is 3.54. The second kappa shape index (κ2) is 7.07. The van der Waals surface area contributed by atoms with Gasteiger partial charge in [0.25, 0.3) is 5.91 Å². The summed E-state index contributed by atoms with van der Waals surface area (Å²) in [6.45, 7) is -0.115. The van der Waals surface area contributed by atoms with E-state index in [1.54, 1.807) is 25.2 Å². The predicted molar refractivity (Wildman–Crippen MR) is 83.5 cm³/mol. The smallest absolute Gasteiger partial charge is 0.260 e. The Kier molecular flexibility index (Phi) is 4.69. The van der Waals surface area contributed by atoms with Crippen molar-refractivity contribution >= 4 is 11.8 Å². The van der Waals surface area contributed by atoms with Gasteiger partial charge in [-0.25, -0.2) is 4.68 Å². The number of benzene rings is 1. The number of likely N-dealkylation sites (N-methyl/N-ethyl adjacent to an activating group) is 1. The summed E-state index contributed by atoms with van der Waals surface area (Å²) in [5.41, 5.74) is 0.724. The van der Waals surface area contributed by atoms with E-state index < -0.39 is 0 Å². The van der Waals surface area contributed by atoms with Crippen LogP contribution in [0.2, 0.25) is 0 Å². The van der Waals surface area contributed by atoms with E-state index in [0.29, 0.717) is 5.75 Å². The van der Waals surface area contributed by atoms with Gasteiger partial charge in [0.1, 0.15) is 12.1 Å². The molecule has 9 nitrogen and oxygen atoms in total. The highest BCUT2D eigenvalue weighted by atomic mass is 16.5. The molecule has 1 N–H and O–H groups in total. The molecular weight excluding hydrogens is 312 g/mol. The van der Waals surface area contributed by atoms with Crippen LogP contribution < -0.4 is 10.1 Å². The maximum absolute atomic E-state index is 12.1. The lowest BCUT2D eigenvalue weighted by Gasteiger charge is -2.17. The molecule has 0 bridgehead atoms. The number of carbonyl (C=O) groups excluding carboxylic acids is 2. The van der Waals surface area contributed by atoms with E-state index in [4.69, 9.17) is 4.74 Å². The molecule has 1 aromatic carbocycles. The maximum atomic E-state index is 12.1. The zero-order valence-corrected chi connectivity index (χ0v) is 13.3. The lowest BCUT2D eigenvalue weighted by atomic mass is 10.3. The molecule has 1 fully saturated rings. The molecule has 0 unspecified atom stereocenters. The fourth-order valence-corrected chi connectivity index (χ4v) is 2.06. The van der Waals surface area contributed by atoms with Crippen LogP contribution in [0.5, 0.6) is 5.75 Å². The number of carbonyl (C=O) groups is 2. The van der Waals surface area contributed by atoms with E-state index in [-0.39, 0.29) is 31.0 Å². The summed E-state index contributed by atoms with van der Waals surface area (Å²) in [5, 5.41) is 13.8. The van der Waals surface area contributed by atoms with Crippen molar-refractivity contribution in [2.75, 3.05) is 20.2 Å². The number of hydrogen-bond donors (Lipinski definition) is 1. The number of nitrogens with one attached hydrogen (secondary N) is 1. The van der Waals surface area contributed by atoms with E-state index in [1.165, 1.54) is 15.9 Å². The highest BCUT2D eigenvalue weighted by Gasteiger charge is 2.24. The Bertz CT molecular complexity index is 714. The Balaban J connectivity index is 1.50. The number of ether oxygens (including phenoxy) is 1. The number of nitrogens with zero attached hydrogens (tertiary/aromatic N) is 5. The topological polar surface area (TPSA) is 102 Å². The Morgan fingerprint density at radius 2 is 2.25 bits per heavy atom. The minimum Gasteiger partial charge on any atom is -0.484 e. The lowest BCUT2D eigenvalue weighted by molar-refractivity contribution is -0.136. The standard InChI is InChI=1S/C15H18N6O3/c1-20(8-14(22)17-11-5-6-11)15(23)9-24-13-4-2-3-12(7-13)21-10-16-18-19-21/h2-4,7,10-11H,5-6,8-9H2,1H3,(H,17,22). The van der Waals surface area contributed by atoms with Crippen molar-refractivity contribution in [2.45, 2.75) is 18.9 Å². The maximum Gasteiger partial charge on any atom is 0.260 e. The van der Waals surface area contributed by atoms with Crippen LogP contribution >= 0.6 is 0 Å².